The Balaban J connectivity index is 2.61. The highest BCUT2D eigenvalue weighted by Crippen LogP contribution is 2.25. The van der Waals surface area contributed by atoms with Gasteiger partial charge in [0.25, 0.3) is 5.91 Å². The minimum Gasteiger partial charge on any atom is -0.481 e. The van der Waals surface area contributed by atoms with Gasteiger partial charge in [0.1, 0.15) is 5.75 Å². The van der Waals surface area contributed by atoms with Crippen molar-refractivity contribution >= 4 is 5.91 Å². The molecule has 19 heavy (non-hydrogen) atoms. The van der Waals surface area contributed by atoms with Crippen molar-refractivity contribution in [3.8, 4) is 5.75 Å². The molecule has 0 aliphatic heterocycles. The average Bonchev–Trinajstić information content (AvgIpc) is 2.39. The minimum absolute atomic E-state index is 0.131. The molecule has 0 spiro atoms. The van der Waals surface area contributed by atoms with E-state index >= 15 is 0 Å². The van der Waals surface area contributed by atoms with Crippen LogP contribution in [-0.2, 0) is 4.79 Å². The Morgan fingerprint density at radius 3 is 2.68 bits per heavy atom. The summed E-state index contributed by atoms with van der Waals surface area (Å²) >= 11 is 0. The molecule has 2 atom stereocenters. The van der Waals surface area contributed by atoms with Crippen LogP contribution in [0.3, 0.4) is 0 Å². The maximum atomic E-state index is 11.8. The summed E-state index contributed by atoms with van der Waals surface area (Å²) in [6, 6.07) is 7.21. The van der Waals surface area contributed by atoms with E-state index in [4.69, 9.17) is 4.74 Å². The van der Waals surface area contributed by atoms with E-state index in [9.17, 15) is 9.90 Å². The first-order chi connectivity index (χ1) is 9.06. The molecule has 1 amide bonds. The Morgan fingerprint density at radius 1 is 1.37 bits per heavy atom. The Kier molecular flexibility index (Phi) is 6.36. The topological polar surface area (TPSA) is 58.6 Å². The summed E-state index contributed by atoms with van der Waals surface area (Å²) in [4.78, 5) is 11.8. The first-order valence-corrected chi connectivity index (χ1v) is 6.77. The fourth-order valence-electron chi connectivity index (χ4n) is 1.71. The van der Waals surface area contributed by atoms with Crippen molar-refractivity contribution in [1.82, 2.24) is 5.32 Å². The normalized spacial score (nSPS) is 13.7. The lowest BCUT2D eigenvalue weighted by molar-refractivity contribution is -0.127. The molecule has 0 saturated carbocycles. The molecule has 4 heteroatoms. The van der Waals surface area contributed by atoms with Crippen LogP contribution in [0.15, 0.2) is 24.3 Å². The van der Waals surface area contributed by atoms with Gasteiger partial charge in [0, 0.05) is 12.1 Å². The second-order valence-electron chi connectivity index (χ2n) is 4.62. The van der Waals surface area contributed by atoms with Gasteiger partial charge < -0.3 is 15.2 Å². The van der Waals surface area contributed by atoms with Crippen molar-refractivity contribution in [3.63, 3.8) is 0 Å². The summed E-state index contributed by atoms with van der Waals surface area (Å²) in [6.07, 6.45) is 0.812. The summed E-state index contributed by atoms with van der Waals surface area (Å²) in [5, 5.41) is 12.5. The first kappa shape index (κ1) is 15.5. The van der Waals surface area contributed by atoms with Crippen LogP contribution in [-0.4, -0.2) is 23.7 Å². The molecule has 0 radical (unpaired) electrons. The summed E-state index contributed by atoms with van der Waals surface area (Å²) in [5.74, 6) is 0.421. The van der Waals surface area contributed by atoms with Gasteiger partial charge in [-0.3, -0.25) is 4.79 Å². The van der Waals surface area contributed by atoms with Crippen molar-refractivity contribution in [2.75, 3.05) is 6.54 Å². The van der Waals surface area contributed by atoms with E-state index < -0.39 is 12.2 Å². The van der Waals surface area contributed by atoms with Gasteiger partial charge in [-0.1, -0.05) is 31.5 Å². The van der Waals surface area contributed by atoms with Crippen molar-refractivity contribution in [2.45, 2.75) is 45.8 Å². The first-order valence-electron chi connectivity index (χ1n) is 6.77. The highest BCUT2D eigenvalue weighted by molar-refractivity contribution is 5.80. The van der Waals surface area contributed by atoms with E-state index in [-0.39, 0.29) is 5.91 Å². The highest BCUT2D eigenvalue weighted by Gasteiger charge is 2.16. The molecular formula is C15H23NO3. The number of hydrogen-bond acceptors (Lipinski definition) is 3. The second-order valence-corrected chi connectivity index (χ2v) is 4.62. The number of para-hydroxylation sites is 1. The zero-order valence-corrected chi connectivity index (χ0v) is 11.8. The molecule has 1 unspecified atom stereocenters. The van der Waals surface area contributed by atoms with Crippen LogP contribution in [0.5, 0.6) is 5.75 Å². The number of amides is 1. The third-order valence-electron chi connectivity index (χ3n) is 2.87. The van der Waals surface area contributed by atoms with Crippen molar-refractivity contribution in [2.24, 2.45) is 0 Å². The van der Waals surface area contributed by atoms with E-state index in [1.807, 2.05) is 12.1 Å². The van der Waals surface area contributed by atoms with Gasteiger partial charge in [0.15, 0.2) is 6.10 Å². The molecule has 2 N–H and O–H groups in total. The van der Waals surface area contributed by atoms with E-state index in [0.29, 0.717) is 17.9 Å². The third kappa shape index (κ3) is 4.91. The zero-order chi connectivity index (χ0) is 14.3. The van der Waals surface area contributed by atoms with Crippen LogP contribution in [0.2, 0.25) is 0 Å². The minimum atomic E-state index is -0.619. The molecular weight excluding hydrogens is 242 g/mol. The molecule has 4 nitrogen and oxygen atoms in total. The molecule has 0 aromatic heterocycles. The highest BCUT2D eigenvalue weighted by atomic mass is 16.5. The van der Waals surface area contributed by atoms with Gasteiger partial charge in [-0.05, 0) is 26.3 Å². The molecule has 0 saturated heterocycles. The number of ether oxygens (including phenoxy) is 1. The van der Waals surface area contributed by atoms with Crippen LogP contribution in [0.4, 0.5) is 0 Å². The van der Waals surface area contributed by atoms with E-state index in [2.05, 4.69) is 12.2 Å². The standard InChI is InChI=1S/C15H23NO3/c1-4-5-10-16-15(18)12(3)19-14-9-7-6-8-13(14)11(2)17/h6-9,11-12,17H,4-5,10H2,1-3H3,(H,16,18)/t11-,12?/m0/s1. The summed E-state index contributed by atoms with van der Waals surface area (Å²) < 4.78 is 5.63. The number of unbranched alkanes of at least 4 members (excludes halogenated alkanes) is 1. The third-order valence-corrected chi connectivity index (χ3v) is 2.87. The molecule has 1 aromatic rings. The average molecular weight is 265 g/mol. The maximum absolute atomic E-state index is 11.8. The number of carbonyl (C=O) groups is 1. The summed E-state index contributed by atoms with van der Waals surface area (Å²) in [7, 11) is 0. The molecule has 1 rings (SSSR count). The smallest absolute Gasteiger partial charge is 0.260 e. The monoisotopic (exact) mass is 265 g/mol. The van der Waals surface area contributed by atoms with E-state index in [1.165, 1.54) is 0 Å². The fraction of sp³-hybridized carbons (Fsp3) is 0.533. The molecule has 0 fully saturated rings. The van der Waals surface area contributed by atoms with Crippen LogP contribution >= 0.6 is 0 Å². The Hall–Kier alpha value is -1.55. The SMILES string of the molecule is CCCCNC(=O)C(C)Oc1ccccc1[C@H](C)O. The lowest BCUT2D eigenvalue weighted by Crippen LogP contribution is -2.37. The Morgan fingerprint density at radius 2 is 2.05 bits per heavy atom. The van der Waals surface area contributed by atoms with Crippen LogP contribution < -0.4 is 10.1 Å². The Labute approximate surface area is 114 Å². The van der Waals surface area contributed by atoms with Gasteiger partial charge in [-0.25, -0.2) is 0 Å². The number of rotatable bonds is 7. The number of aliphatic hydroxyl groups excluding tert-OH is 1. The summed E-state index contributed by atoms with van der Waals surface area (Å²) in [5.41, 5.74) is 0.690. The molecule has 106 valence electrons. The van der Waals surface area contributed by atoms with Gasteiger partial charge in [0.05, 0.1) is 6.10 Å². The van der Waals surface area contributed by atoms with Crippen LogP contribution in [0, 0.1) is 0 Å². The molecule has 1 aromatic carbocycles. The number of hydrogen-bond donors (Lipinski definition) is 2. The van der Waals surface area contributed by atoms with Gasteiger partial charge in [0.2, 0.25) is 0 Å². The lowest BCUT2D eigenvalue weighted by atomic mass is 10.1. The van der Waals surface area contributed by atoms with Crippen molar-refractivity contribution < 1.29 is 14.6 Å². The maximum Gasteiger partial charge on any atom is 0.260 e. The quantitative estimate of drug-likeness (QED) is 0.744. The largest absolute Gasteiger partial charge is 0.481 e. The van der Waals surface area contributed by atoms with Crippen molar-refractivity contribution in [1.29, 1.82) is 0 Å². The predicted molar refractivity (Wildman–Crippen MR) is 75.1 cm³/mol. The molecule has 0 aliphatic rings. The number of carbonyl (C=O) groups excluding carboxylic acids is 1. The summed E-state index contributed by atoms with van der Waals surface area (Å²) in [6.45, 7) is 6.13. The predicted octanol–water partition coefficient (Wildman–Crippen LogP) is 2.42. The lowest BCUT2D eigenvalue weighted by Gasteiger charge is -2.18. The van der Waals surface area contributed by atoms with E-state index in [1.54, 1.807) is 26.0 Å². The molecule has 0 aliphatic carbocycles. The van der Waals surface area contributed by atoms with Crippen LogP contribution in [0.25, 0.3) is 0 Å². The molecule has 0 heterocycles. The van der Waals surface area contributed by atoms with Crippen molar-refractivity contribution in [3.05, 3.63) is 29.8 Å². The van der Waals surface area contributed by atoms with Gasteiger partial charge in [-0.2, -0.15) is 0 Å². The zero-order valence-electron chi connectivity index (χ0n) is 11.8. The van der Waals surface area contributed by atoms with Gasteiger partial charge >= 0.3 is 0 Å². The number of nitrogens with one attached hydrogen (secondary N) is 1. The number of benzene rings is 1. The second kappa shape index (κ2) is 7.79. The molecule has 0 bridgehead atoms. The van der Waals surface area contributed by atoms with Gasteiger partial charge in [-0.15, -0.1) is 0 Å². The van der Waals surface area contributed by atoms with E-state index in [0.717, 1.165) is 12.8 Å². The fourth-order valence-corrected chi connectivity index (χ4v) is 1.71. The van der Waals surface area contributed by atoms with Crippen LogP contribution in [0.1, 0.15) is 45.3 Å². The Bertz CT molecular complexity index is 404. The number of aliphatic hydroxyl groups is 1.